The molecule has 0 rings (SSSR count). The van der Waals surface area contributed by atoms with E-state index in [4.69, 9.17) is 28.4 Å². The highest BCUT2D eigenvalue weighted by atomic mass is 16.6. The number of ether oxygens (including phenoxy) is 6. The zero-order valence-electron chi connectivity index (χ0n) is 14.0. The molecular weight excluding hydrogens is 296 g/mol. The zero-order chi connectivity index (χ0) is 17.1. The molecule has 22 heavy (non-hydrogen) atoms. The molecule has 0 radical (unpaired) electrons. The molecule has 0 fully saturated rings. The van der Waals surface area contributed by atoms with Gasteiger partial charge in [-0.1, -0.05) is 0 Å². The molecule has 0 aliphatic carbocycles. The van der Waals surface area contributed by atoms with Crippen molar-refractivity contribution in [2.45, 2.75) is 38.3 Å². The normalized spacial score (nSPS) is 16.5. The number of carbonyl (C=O) groups excluding carboxylic acids is 2. The maximum Gasteiger partial charge on any atom is 0.303 e. The molecule has 0 amide bonds. The molecule has 8 nitrogen and oxygen atoms in total. The largest absolute Gasteiger partial charge is 0.463 e. The molecule has 0 aromatic heterocycles. The lowest BCUT2D eigenvalue weighted by molar-refractivity contribution is -0.185. The summed E-state index contributed by atoms with van der Waals surface area (Å²) in [5.41, 5.74) is 0. The van der Waals surface area contributed by atoms with Gasteiger partial charge in [0.05, 0.1) is 6.61 Å². The second-order valence-electron chi connectivity index (χ2n) is 4.58. The molecule has 0 bridgehead atoms. The SMILES string of the molecule is COC[C@H](OC(C)=O)[C@H](OC)[C@H](OC)[C@H](COC(C)=O)OC. The Morgan fingerprint density at radius 2 is 1.32 bits per heavy atom. The minimum atomic E-state index is -0.688. The van der Waals surface area contributed by atoms with E-state index >= 15 is 0 Å². The van der Waals surface area contributed by atoms with Crippen LogP contribution >= 0.6 is 0 Å². The summed E-state index contributed by atoms with van der Waals surface area (Å²) in [4.78, 5) is 22.2. The van der Waals surface area contributed by atoms with Crippen molar-refractivity contribution in [1.29, 1.82) is 0 Å². The highest BCUT2D eigenvalue weighted by molar-refractivity contribution is 5.66. The second-order valence-corrected chi connectivity index (χ2v) is 4.58. The quantitative estimate of drug-likeness (QED) is 0.497. The molecule has 0 aromatic rings. The number of rotatable bonds is 11. The Kier molecular flexibility index (Phi) is 10.7. The van der Waals surface area contributed by atoms with E-state index < -0.39 is 36.4 Å². The van der Waals surface area contributed by atoms with Gasteiger partial charge in [-0.25, -0.2) is 0 Å². The van der Waals surface area contributed by atoms with Gasteiger partial charge in [0.15, 0.2) is 6.10 Å². The van der Waals surface area contributed by atoms with Crippen molar-refractivity contribution < 1.29 is 38.0 Å². The van der Waals surface area contributed by atoms with Crippen molar-refractivity contribution in [3.8, 4) is 0 Å². The summed E-state index contributed by atoms with van der Waals surface area (Å²) in [5, 5.41) is 0. The van der Waals surface area contributed by atoms with Crippen LogP contribution in [0, 0.1) is 0 Å². The molecule has 0 aromatic carbocycles. The van der Waals surface area contributed by atoms with Gasteiger partial charge < -0.3 is 28.4 Å². The average molecular weight is 322 g/mol. The number of methoxy groups -OCH3 is 4. The topological polar surface area (TPSA) is 89.5 Å². The van der Waals surface area contributed by atoms with E-state index in [2.05, 4.69) is 0 Å². The predicted molar refractivity (Wildman–Crippen MR) is 76.5 cm³/mol. The van der Waals surface area contributed by atoms with Crippen LogP contribution in [0.3, 0.4) is 0 Å². The molecule has 0 N–H and O–H groups in total. The molecule has 0 heterocycles. The minimum Gasteiger partial charge on any atom is -0.463 e. The number of esters is 2. The van der Waals surface area contributed by atoms with Crippen LogP contribution < -0.4 is 0 Å². The standard InChI is InChI=1S/C14H26O8/c1-9(15)21-8-11(18-4)13(19-5)14(20-6)12(7-17-3)22-10(2)16/h11-14H,7-8H2,1-6H3/t11-,12-,13+,14-/m0/s1. The minimum absolute atomic E-state index is 0.00995. The van der Waals surface area contributed by atoms with Crippen LogP contribution in [-0.2, 0) is 38.0 Å². The third-order valence-electron chi connectivity index (χ3n) is 3.00. The average Bonchev–Trinajstić information content (AvgIpc) is 2.45. The summed E-state index contributed by atoms with van der Waals surface area (Å²) < 4.78 is 31.3. The third kappa shape index (κ3) is 7.17. The molecule has 0 saturated carbocycles. The highest BCUT2D eigenvalue weighted by Gasteiger charge is 2.38. The monoisotopic (exact) mass is 322 g/mol. The van der Waals surface area contributed by atoms with Crippen molar-refractivity contribution in [3.63, 3.8) is 0 Å². The van der Waals surface area contributed by atoms with E-state index in [-0.39, 0.29) is 13.2 Å². The maximum absolute atomic E-state index is 11.2. The fraction of sp³-hybridized carbons (Fsp3) is 0.857. The van der Waals surface area contributed by atoms with Crippen LogP contribution in [0.25, 0.3) is 0 Å². The number of hydrogen-bond acceptors (Lipinski definition) is 8. The second kappa shape index (κ2) is 11.4. The predicted octanol–water partition coefficient (Wildman–Crippen LogP) is 0.173. The van der Waals surface area contributed by atoms with Gasteiger partial charge in [0, 0.05) is 42.3 Å². The summed E-state index contributed by atoms with van der Waals surface area (Å²) in [6, 6.07) is 0. The van der Waals surface area contributed by atoms with E-state index in [0.29, 0.717) is 0 Å². The first-order valence-corrected chi connectivity index (χ1v) is 6.79. The first-order valence-electron chi connectivity index (χ1n) is 6.79. The van der Waals surface area contributed by atoms with Gasteiger partial charge in [0.1, 0.15) is 24.9 Å². The highest BCUT2D eigenvalue weighted by Crippen LogP contribution is 2.17. The van der Waals surface area contributed by atoms with Gasteiger partial charge in [0.2, 0.25) is 0 Å². The lowest BCUT2D eigenvalue weighted by atomic mass is 10.0. The maximum atomic E-state index is 11.2. The Bertz CT molecular complexity index is 333. The van der Waals surface area contributed by atoms with Gasteiger partial charge in [-0.15, -0.1) is 0 Å². The Morgan fingerprint density at radius 1 is 0.773 bits per heavy atom. The molecule has 0 spiro atoms. The smallest absolute Gasteiger partial charge is 0.303 e. The number of carbonyl (C=O) groups is 2. The van der Waals surface area contributed by atoms with E-state index in [1.807, 2.05) is 0 Å². The van der Waals surface area contributed by atoms with Crippen LogP contribution in [0.1, 0.15) is 13.8 Å². The van der Waals surface area contributed by atoms with Crippen molar-refractivity contribution in [2.75, 3.05) is 41.7 Å². The van der Waals surface area contributed by atoms with Crippen LogP contribution in [0.4, 0.5) is 0 Å². The van der Waals surface area contributed by atoms with E-state index in [1.165, 1.54) is 42.3 Å². The lowest BCUT2D eigenvalue weighted by Crippen LogP contribution is -2.51. The van der Waals surface area contributed by atoms with Crippen molar-refractivity contribution in [1.82, 2.24) is 0 Å². The van der Waals surface area contributed by atoms with Crippen molar-refractivity contribution in [3.05, 3.63) is 0 Å². The fourth-order valence-corrected chi connectivity index (χ4v) is 2.06. The summed E-state index contributed by atoms with van der Waals surface area (Å²) in [7, 11) is 5.87. The molecular formula is C14H26O8. The van der Waals surface area contributed by atoms with Gasteiger partial charge in [-0.3, -0.25) is 9.59 Å². The Balaban J connectivity index is 5.12. The van der Waals surface area contributed by atoms with Crippen LogP contribution in [0.5, 0.6) is 0 Å². The lowest BCUT2D eigenvalue weighted by Gasteiger charge is -2.34. The first kappa shape index (κ1) is 20.8. The molecule has 130 valence electrons. The van der Waals surface area contributed by atoms with Gasteiger partial charge in [-0.2, -0.15) is 0 Å². The summed E-state index contributed by atoms with van der Waals surface area (Å²) in [6.07, 6.45) is -2.57. The third-order valence-corrected chi connectivity index (χ3v) is 3.00. The first-order chi connectivity index (χ1) is 10.4. The summed E-state index contributed by atoms with van der Waals surface area (Å²) in [6.45, 7) is 2.71. The summed E-state index contributed by atoms with van der Waals surface area (Å²) in [5.74, 6) is -0.896. The van der Waals surface area contributed by atoms with E-state index in [0.717, 1.165) is 0 Å². The molecule has 0 unspecified atom stereocenters. The molecule has 8 heteroatoms. The number of hydrogen-bond donors (Lipinski definition) is 0. The van der Waals surface area contributed by atoms with Gasteiger partial charge in [-0.05, 0) is 0 Å². The Morgan fingerprint density at radius 3 is 1.68 bits per heavy atom. The van der Waals surface area contributed by atoms with Crippen LogP contribution in [-0.4, -0.2) is 78.0 Å². The Hall–Kier alpha value is -1.22. The Labute approximate surface area is 130 Å². The van der Waals surface area contributed by atoms with Crippen LogP contribution in [0.2, 0.25) is 0 Å². The van der Waals surface area contributed by atoms with E-state index in [9.17, 15) is 9.59 Å². The van der Waals surface area contributed by atoms with Crippen molar-refractivity contribution in [2.24, 2.45) is 0 Å². The molecule has 0 saturated heterocycles. The molecule has 0 aliphatic rings. The van der Waals surface area contributed by atoms with Gasteiger partial charge >= 0.3 is 11.9 Å². The fourth-order valence-electron chi connectivity index (χ4n) is 2.06. The summed E-state index contributed by atoms with van der Waals surface area (Å²) >= 11 is 0. The zero-order valence-corrected chi connectivity index (χ0v) is 14.0. The van der Waals surface area contributed by atoms with E-state index in [1.54, 1.807) is 0 Å². The molecule has 0 aliphatic heterocycles. The molecule has 4 atom stereocenters. The van der Waals surface area contributed by atoms with Crippen molar-refractivity contribution >= 4 is 11.9 Å². The van der Waals surface area contributed by atoms with Gasteiger partial charge in [0.25, 0.3) is 0 Å². The van der Waals surface area contributed by atoms with Crippen LogP contribution in [0.15, 0.2) is 0 Å².